The highest BCUT2D eigenvalue weighted by molar-refractivity contribution is 7.14. The van der Waals surface area contributed by atoms with Gasteiger partial charge >= 0.3 is 5.97 Å². The molecule has 0 aliphatic rings. The highest BCUT2D eigenvalue weighted by atomic mass is 32.1. The molecule has 0 bridgehead atoms. The third-order valence-corrected chi connectivity index (χ3v) is 4.08. The maximum absolute atomic E-state index is 13.7. The van der Waals surface area contributed by atoms with E-state index in [4.69, 9.17) is 4.74 Å². The van der Waals surface area contributed by atoms with Gasteiger partial charge in [0.2, 0.25) is 5.43 Å². The van der Waals surface area contributed by atoms with Crippen molar-refractivity contribution in [3.63, 3.8) is 0 Å². The van der Waals surface area contributed by atoms with E-state index in [0.717, 1.165) is 17.5 Å². The number of esters is 1. The third-order valence-electron chi connectivity index (χ3n) is 3.32. The molecule has 0 atom stereocenters. The molecule has 128 valence electrons. The number of benzene rings is 1. The number of hydrogen-bond acceptors (Lipinski definition) is 6. The summed E-state index contributed by atoms with van der Waals surface area (Å²) >= 11 is 1.02. The number of aromatic amines is 1. The number of nitrogens with one attached hydrogen (secondary N) is 2. The van der Waals surface area contributed by atoms with Crippen molar-refractivity contribution < 1.29 is 18.7 Å². The van der Waals surface area contributed by atoms with Crippen molar-refractivity contribution in [3.8, 4) is 0 Å². The molecule has 0 aliphatic carbocycles. The molecule has 25 heavy (non-hydrogen) atoms. The van der Waals surface area contributed by atoms with Crippen LogP contribution in [0.15, 0.2) is 34.6 Å². The van der Waals surface area contributed by atoms with Crippen molar-refractivity contribution in [2.75, 3.05) is 11.9 Å². The first-order chi connectivity index (χ1) is 12.0. The summed E-state index contributed by atoms with van der Waals surface area (Å²) in [7, 11) is 0. The van der Waals surface area contributed by atoms with Gasteiger partial charge < -0.3 is 9.72 Å². The van der Waals surface area contributed by atoms with E-state index >= 15 is 0 Å². The number of nitrogens with zero attached hydrogens (tertiary/aromatic N) is 1. The molecule has 7 nitrogen and oxygen atoms in total. The zero-order valence-corrected chi connectivity index (χ0v) is 13.8. The topological polar surface area (TPSA) is 101 Å². The van der Waals surface area contributed by atoms with E-state index in [1.54, 1.807) is 6.92 Å². The first-order valence-corrected chi connectivity index (χ1v) is 8.13. The molecular weight excluding hydrogens is 349 g/mol. The second kappa shape index (κ2) is 6.81. The first kappa shape index (κ1) is 16.8. The summed E-state index contributed by atoms with van der Waals surface area (Å²) in [5.74, 6) is -1.89. The van der Waals surface area contributed by atoms with Crippen LogP contribution in [-0.4, -0.2) is 28.5 Å². The number of halogens is 1. The number of carbonyl (C=O) groups is 2. The summed E-state index contributed by atoms with van der Waals surface area (Å²) in [5.41, 5.74) is -0.696. The second-order valence-electron chi connectivity index (χ2n) is 4.91. The number of amides is 1. The van der Waals surface area contributed by atoms with Crippen LogP contribution in [0.25, 0.3) is 10.9 Å². The lowest BCUT2D eigenvalue weighted by atomic mass is 10.1. The van der Waals surface area contributed by atoms with Crippen molar-refractivity contribution in [2.45, 2.75) is 6.92 Å². The predicted octanol–water partition coefficient (Wildman–Crippen LogP) is 2.55. The van der Waals surface area contributed by atoms with Gasteiger partial charge in [-0.3, -0.25) is 14.9 Å². The minimum Gasteiger partial charge on any atom is -0.461 e. The Morgan fingerprint density at radius 3 is 2.96 bits per heavy atom. The van der Waals surface area contributed by atoms with E-state index in [9.17, 15) is 18.8 Å². The SMILES string of the molecule is CCOC(=O)c1csc(NC(=O)c2c[nH]c3c(F)cccc3c2=O)n1. The van der Waals surface area contributed by atoms with Crippen molar-refractivity contribution in [1.29, 1.82) is 0 Å². The lowest BCUT2D eigenvalue weighted by Gasteiger charge is -2.04. The fraction of sp³-hybridized carbons (Fsp3) is 0.125. The fourth-order valence-corrected chi connectivity index (χ4v) is 2.85. The van der Waals surface area contributed by atoms with Crippen LogP contribution in [0.3, 0.4) is 0 Å². The molecular formula is C16H12FN3O4S. The average molecular weight is 361 g/mol. The van der Waals surface area contributed by atoms with Crippen molar-refractivity contribution in [3.05, 3.63) is 57.1 Å². The minimum absolute atomic E-state index is 0.0305. The highest BCUT2D eigenvalue weighted by Gasteiger charge is 2.17. The summed E-state index contributed by atoms with van der Waals surface area (Å²) in [5, 5.41) is 4.09. The van der Waals surface area contributed by atoms with Gasteiger partial charge in [0.1, 0.15) is 11.4 Å². The summed E-state index contributed by atoms with van der Waals surface area (Å²) in [6.07, 6.45) is 1.14. The van der Waals surface area contributed by atoms with Gasteiger partial charge in [-0.15, -0.1) is 11.3 Å². The normalized spacial score (nSPS) is 10.6. The van der Waals surface area contributed by atoms with E-state index in [0.29, 0.717) is 0 Å². The molecule has 3 rings (SSSR count). The van der Waals surface area contributed by atoms with Crippen LogP contribution in [0.4, 0.5) is 9.52 Å². The number of para-hydroxylation sites is 1. The molecule has 2 N–H and O–H groups in total. The first-order valence-electron chi connectivity index (χ1n) is 7.25. The number of carbonyl (C=O) groups excluding carboxylic acids is 2. The fourth-order valence-electron chi connectivity index (χ4n) is 2.18. The molecule has 0 saturated heterocycles. The molecule has 0 radical (unpaired) electrons. The van der Waals surface area contributed by atoms with E-state index < -0.39 is 23.1 Å². The number of aromatic nitrogens is 2. The lowest BCUT2D eigenvalue weighted by molar-refractivity contribution is 0.0520. The van der Waals surface area contributed by atoms with Gasteiger partial charge in [0.05, 0.1) is 12.1 Å². The van der Waals surface area contributed by atoms with E-state index in [2.05, 4.69) is 15.3 Å². The molecule has 0 saturated carbocycles. The molecule has 3 aromatic rings. The molecule has 0 unspecified atom stereocenters. The number of anilines is 1. The van der Waals surface area contributed by atoms with Crippen LogP contribution < -0.4 is 10.7 Å². The van der Waals surface area contributed by atoms with Gasteiger partial charge in [0, 0.05) is 17.0 Å². The van der Waals surface area contributed by atoms with Gasteiger partial charge in [-0.1, -0.05) is 6.07 Å². The van der Waals surface area contributed by atoms with Crippen LogP contribution in [0, 0.1) is 5.82 Å². The Labute approximate surface area is 144 Å². The Morgan fingerprint density at radius 2 is 2.20 bits per heavy atom. The maximum atomic E-state index is 13.7. The van der Waals surface area contributed by atoms with Gasteiger partial charge in [-0.25, -0.2) is 14.2 Å². The van der Waals surface area contributed by atoms with Crippen molar-refractivity contribution in [1.82, 2.24) is 9.97 Å². The number of thiazole rings is 1. The number of H-pyrrole nitrogens is 1. The van der Waals surface area contributed by atoms with Crippen LogP contribution in [-0.2, 0) is 4.74 Å². The molecule has 0 fully saturated rings. The Balaban J connectivity index is 1.87. The molecule has 2 aromatic heterocycles. The van der Waals surface area contributed by atoms with E-state index in [1.807, 2.05) is 0 Å². The van der Waals surface area contributed by atoms with E-state index in [-0.39, 0.29) is 33.9 Å². The zero-order valence-electron chi connectivity index (χ0n) is 13.0. The summed E-state index contributed by atoms with van der Waals surface area (Å²) in [4.78, 5) is 42.8. The minimum atomic E-state index is -0.711. The summed E-state index contributed by atoms with van der Waals surface area (Å²) in [6.45, 7) is 1.88. The van der Waals surface area contributed by atoms with Crippen molar-refractivity contribution in [2.24, 2.45) is 0 Å². The molecule has 0 aliphatic heterocycles. The number of fused-ring (bicyclic) bond motifs is 1. The van der Waals surface area contributed by atoms with Crippen LogP contribution in [0.2, 0.25) is 0 Å². The van der Waals surface area contributed by atoms with Crippen LogP contribution in [0.5, 0.6) is 0 Å². The Kier molecular flexibility index (Phi) is 4.57. The highest BCUT2D eigenvalue weighted by Crippen LogP contribution is 2.17. The number of ether oxygens (including phenoxy) is 1. The third kappa shape index (κ3) is 3.26. The van der Waals surface area contributed by atoms with Gasteiger partial charge in [0.25, 0.3) is 5.91 Å². The Hall–Kier alpha value is -3.07. The monoisotopic (exact) mass is 361 g/mol. The maximum Gasteiger partial charge on any atom is 0.357 e. The molecule has 1 amide bonds. The molecule has 9 heteroatoms. The second-order valence-corrected chi connectivity index (χ2v) is 5.76. The van der Waals surface area contributed by atoms with Gasteiger partial charge in [0.15, 0.2) is 10.8 Å². The molecule has 1 aromatic carbocycles. The predicted molar refractivity (Wildman–Crippen MR) is 90.6 cm³/mol. The van der Waals surface area contributed by atoms with Crippen LogP contribution in [0.1, 0.15) is 27.8 Å². The Morgan fingerprint density at radius 1 is 1.40 bits per heavy atom. The summed E-state index contributed by atoms with van der Waals surface area (Å²) < 4.78 is 18.5. The number of pyridine rings is 1. The lowest BCUT2D eigenvalue weighted by Crippen LogP contribution is -2.22. The largest absolute Gasteiger partial charge is 0.461 e. The van der Waals surface area contributed by atoms with Crippen LogP contribution >= 0.6 is 11.3 Å². The smallest absolute Gasteiger partial charge is 0.357 e. The average Bonchev–Trinajstić information content (AvgIpc) is 3.05. The summed E-state index contributed by atoms with van der Waals surface area (Å²) in [6, 6.07) is 4.03. The van der Waals surface area contributed by atoms with Gasteiger partial charge in [-0.2, -0.15) is 0 Å². The quantitative estimate of drug-likeness (QED) is 0.696. The molecule has 2 heterocycles. The zero-order chi connectivity index (χ0) is 18.0. The standard InChI is InChI=1S/C16H12FN3O4S/c1-2-24-15(23)11-7-25-16(19-11)20-14(22)9-6-18-12-8(13(9)21)4-3-5-10(12)17/h3-7H,2H2,1H3,(H,18,21)(H,19,20,22). The number of hydrogen-bond donors (Lipinski definition) is 2. The van der Waals surface area contributed by atoms with Crippen molar-refractivity contribution >= 4 is 39.2 Å². The molecule has 0 spiro atoms. The number of rotatable bonds is 4. The Bertz CT molecular complexity index is 1030. The van der Waals surface area contributed by atoms with E-state index in [1.165, 1.54) is 23.6 Å². The van der Waals surface area contributed by atoms with Gasteiger partial charge in [-0.05, 0) is 19.1 Å².